The van der Waals surface area contributed by atoms with Crippen LogP contribution in [0.1, 0.15) is 93.7 Å². The molecule has 0 amide bonds. The van der Waals surface area contributed by atoms with Crippen molar-refractivity contribution in [2.75, 3.05) is 9.80 Å². The molecule has 0 bridgehead atoms. The Bertz CT molecular complexity index is 2890. The van der Waals surface area contributed by atoms with Crippen LogP contribution in [0.4, 0.5) is 22.7 Å². The Morgan fingerprint density at radius 2 is 1.39 bits per heavy atom. The molecule has 0 fully saturated rings. The molecule has 7 heteroatoms. The van der Waals surface area contributed by atoms with Gasteiger partial charge in [0.2, 0.25) is 0 Å². The topological polar surface area (TPSA) is 46.4 Å². The van der Waals surface area contributed by atoms with E-state index in [-0.39, 0.29) is 38.3 Å². The number of nitrogens with zero attached hydrogens (tertiary/aromatic N) is 5. The quantitative estimate of drug-likeness (QED) is 0.142. The summed E-state index contributed by atoms with van der Waals surface area (Å²) < 4.78 is 8.82. The number of rotatable bonds is 8. The van der Waals surface area contributed by atoms with Gasteiger partial charge in [-0.25, -0.2) is 4.98 Å². The SMILES string of the molecule is Cc1cc(C)c(-c2cc(C(C)C)c(N3[CH-]N(c4[c-]c(Oc5[c-]c6c(cc5)c5ccccc5n6-c5cc(C(C)(C)C)ccn5)ccc4)c4ccncc43)c(C(C)C)c2)c(C)c1.[Pt]. The predicted molar refractivity (Wildman–Crippen MR) is 249 cm³/mol. The number of hydrogen-bond donors (Lipinski definition) is 0. The van der Waals surface area contributed by atoms with Crippen LogP contribution in [-0.2, 0) is 26.5 Å². The van der Waals surface area contributed by atoms with E-state index in [9.17, 15) is 0 Å². The number of ether oxygens (including phenoxy) is 1. The van der Waals surface area contributed by atoms with Gasteiger partial charge in [-0.3, -0.25) is 4.98 Å². The maximum absolute atomic E-state index is 6.62. The van der Waals surface area contributed by atoms with Crippen molar-refractivity contribution in [1.29, 1.82) is 0 Å². The first-order valence-corrected chi connectivity index (χ1v) is 21.0. The monoisotopic (exact) mass is 981 g/mol. The Balaban J connectivity index is 0.00000514. The van der Waals surface area contributed by atoms with Crippen LogP contribution in [0.3, 0.4) is 0 Å². The Labute approximate surface area is 375 Å². The fraction of sp³-hybridized carbons (Fsp3) is 0.241. The summed E-state index contributed by atoms with van der Waals surface area (Å²) in [6.45, 7) is 24.7. The first kappa shape index (κ1) is 42.0. The molecular weight excluding hydrogens is 930 g/mol. The first-order valence-electron chi connectivity index (χ1n) is 21.0. The van der Waals surface area contributed by atoms with Crippen molar-refractivity contribution in [3.8, 4) is 28.4 Å². The van der Waals surface area contributed by atoms with Crippen molar-refractivity contribution in [2.24, 2.45) is 0 Å². The molecular formula is C54H52N5OPt-3. The summed E-state index contributed by atoms with van der Waals surface area (Å²) in [4.78, 5) is 14.0. The maximum Gasteiger partial charge on any atom is 0.135 e. The van der Waals surface area contributed by atoms with Gasteiger partial charge in [0.15, 0.2) is 0 Å². The maximum atomic E-state index is 6.62. The molecule has 61 heavy (non-hydrogen) atoms. The third-order valence-electron chi connectivity index (χ3n) is 11.8. The molecule has 4 heterocycles. The van der Waals surface area contributed by atoms with Gasteiger partial charge in [-0.1, -0.05) is 89.9 Å². The second kappa shape index (κ2) is 16.3. The minimum Gasteiger partial charge on any atom is -0.509 e. The van der Waals surface area contributed by atoms with Crippen molar-refractivity contribution in [3.63, 3.8) is 0 Å². The third kappa shape index (κ3) is 7.65. The van der Waals surface area contributed by atoms with E-state index >= 15 is 0 Å². The molecule has 3 aromatic heterocycles. The van der Waals surface area contributed by atoms with Gasteiger partial charge in [-0.05, 0) is 119 Å². The van der Waals surface area contributed by atoms with Crippen LogP contribution in [0.5, 0.6) is 11.5 Å². The zero-order chi connectivity index (χ0) is 42.0. The molecule has 0 N–H and O–H groups in total. The van der Waals surface area contributed by atoms with Crippen LogP contribution in [0.25, 0.3) is 38.8 Å². The van der Waals surface area contributed by atoms with Gasteiger partial charge in [0.25, 0.3) is 0 Å². The normalized spacial score (nSPS) is 12.8. The Kier molecular flexibility index (Phi) is 11.2. The van der Waals surface area contributed by atoms with E-state index in [2.05, 4.69) is 186 Å². The zero-order valence-electron chi connectivity index (χ0n) is 36.7. The summed E-state index contributed by atoms with van der Waals surface area (Å²) in [5.74, 6) is 2.61. The van der Waals surface area contributed by atoms with E-state index in [0.717, 1.165) is 44.7 Å². The number of aryl methyl sites for hydroxylation is 3. The second-order valence-corrected chi connectivity index (χ2v) is 17.9. The molecule has 1 aliphatic rings. The van der Waals surface area contributed by atoms with Gasteiger partial charge in [0.05, 0.1) is 11.9 Å². The molecule has 0 saturated heterocycles. The summed E-state index contributed by atoms with van der Waals surface area (Å²) in [5.41, 5.74) is 16.4. The zero-order valence-corrected chi connectivity index (χ0v) is 38.9. The Hall–Kier alpha value is -5.71. The van der Waals surface area contributed by atoms with E-state index in [1.165, 1.54) is 50.2 Å². The van der Waals surface area contributed by atoms with E-state index in [0.29, 0.717) is 11.5 Å². The summed E-state index contributed by atoms with van der Waals surface area (Å²) >= 11 is 0. The van der Waals surface area contributed by atoms with Crippen LogP contribution in [0, 0.1) is 39.6 Å². The fourth-order valence-electron chi connectivity index (χ4n) is 8.93. The van der Waals surface area contributed by atoms with Crippen LogP contribution in [0.15, 0.2) is 116 Å². The van der Waals surface area contributed by atoms with Gasteiger partial charge < -0.3 is 19.1 Å². The van der Waals surface area contributed by atoms with Crippen LogP contribution in [-0.4, -0.2) is 14.5 Å². The molecule has 0 saturated carbocycles. The third-order valence-corrected chi connectivity index (χ3v) is 11.8. The molecule has 8 aromatic rings. The van der Waals surface area contributed by atoms with Gasteiger partial charge in [-0.2, -0.15) is 12.1 Å². The molecule has 0 unspecified atom stereocenters. The number of pyridine rings is 2. The molecule has 6 nitrogen and oxygen atoms in total. The van der Waals surface area contributed by atoms with E-state index in [1.54, 1.807) is 0 Å². The summed E-state index contributed by atoms with van der Waals surface area (Å²) in [5, 5.41) is 2.24. The van der Waals surface area contributed by atoms with Crippen molar-refractivity contribution in [1.82, 2.24) is 14.5 Å². The Morgan fingerprint density at radius 3 is 2.10 bits per heavy atom. The smallest absolute Gasteiger partial charge is 0.135 e. The minimum atomic E-state index is -0.0196. The van der Waals surface area contributed by atoms with Gasteiger partial charge in [0.1, 0.15) is 5.82 Å². The molecule has 5 aromatic carbocycles. The Morgan fingerprint density at radius 1 is 0.689 bits per heavy atom. The van der Waals surface area contributed by atoms with Crippen molar-refractivity contribution in [2.45, 2.75) is 86.5 Å². The minimum absolute atomic E-state index is 0. The summed E-state index contributed by atoms with van der Waals surface area (Å²) in [7, 11) is 0. The van der Waals surface area contributed by atoms with Crippen molar-refractivity contribution in [3.05, 3.63) is 168 Å². The van der Waals surface area contributed by atoms with E-state index < -0.39 is 0 Å². The van der Waals surface area contributed by atoms with Gasteiger partial charge in [-0.15, -0.1) is 48.1 Å². The fourth-order valence-corrected chi connectivity index (χ4v) is 8.93. The number of para-hydroxylation sites is 1. The molecule has 9 rings (SSSR count). The van der Waals surface area contributed by atoms with Crippen LogP contribution in [0.2, 0.25) is 0 Å². The molecule has 1 aliphatic heterocycles. The molecule has 0 aliphatic carbocycles. The van der Waals surface area contributed by atoms with Crippen molar-refractivity contribution < 1.29 is 25.8 Å². The number of aromatic nitrogens is 3. The predicted octanol–water partition coefficient (Wildman–Crippen LogP) is 14.5. The number of fused-ring (bicyclic) bond motifs is 4. The average molecular weight is 982 g/mol. The van der Waals surface area contributed by atoms with E-state index in [1.807, 2.05) is 36.8 Å². The number of benzene rings is 5. The van der Waals surface area contributed by atoms with Gasteiger partial charge in [0, 0.05) is 61.8 Å². The largest absolute Gasteiger partial charge is 0.509 e. The van der Waals surface area contributed by atoms with Crippen LogP contribution >= 0.6 is 0 Å². The summed E-state index contributed by atoms with van der Waals surface area (Å²) in [6.07, 6.45) is 5.73. The number of anilines is 4. The van der Waals surface area contributed by atoms with Gasteiger partial charge >= 0.3 is 0 Å². The molecule has 0 radical (unpaired) electrons. The standard InChI is InChI=1S/C54H52N5O.Pt/c1-33(2)45-26-38(52-36(6)24-35(5)25-37(52)7)27-46(34(3)4)53(45)58-32-57(48-21-22-55-31-50(48)58)40-14-13-15-41(29-40)60-42-18-19-44-43-16-11-12-17-47(43)59(49(44)30-42)51-28-39(20-23-56-51)54(8,9)10;/h11-28,31-34H,1-10H3;/q-3;. The number of hydrogen-bond acceptors (Lipinski definition) is 5. The summed E-state index contributed by atoms with van der Waals surface area (Å²) in [6, 6.07) is 41.6. The molecule has 0 atom stereocenters. The molecule has 312 valence electrons. The second-order valence-electron chi connectivity index (χ2n) is 17.9. The average Bonchev–Trinajstić information content (AvgIpc) is 3.76. The van der Waals surface area contributed by atoms with Crippen molar-refractivity contribution >= 4 is 44.6 Å². The van der Waals surface area contributed by atoms with Crippen LogP contribution < -0.4 is 14.5 Å². The first-order chi connectivity index (χ1) is 28.8. The molecule has 0 spiro atoms. The van der Waals surface area contributed by atoms with E-state index in [4.69, 9.17) is 9.72 Å².